The molecule has 0 aromatic heterocycles. The minimum absolute atomic E-state index is 0. The van der Waals surface area contributed by atoms with Gasteiger partial charge in [-0.2, -0.15) is 11.8 Å². The molecule has 0 atom stereocenters. The molecule has 1 aliphatic heterocycles. The van der Waals surface area contributed by atoms with Crippen molar-refractivity contribution >= 4 is 41.7 Å². The smallest absolute Gasteiger partial charge is 0.191 e. The highest BCUT2D eigenvalue weighted by Gasteiger charge is 2.16. The first-order valence-corrected chi connectivity index (χ1v) is 7.13. The summed E-state index contributed by atoms with van der Waals surface area (Å²) in [6, 6.07) is 0. The standard InChI is InChI=1S/C12H23N3S.HI/c1-3-9-16-10-6-14-12(13)15-7-4-11(2)5-8-15;/h3,11H,1,4-10H2,2H3,(H2,13,14);1H. The Morgan fingerprint density at radius 1 is 1.53 bits per heavy atom. The fraction of sp³-hybridized carbons (Fsp3) is 0.750. The van der Waals surface area contributed by atoms with E-state index in [0.29, 0.717) is 0 Å². The summed E-state index contributed by atoms with van der Waals surface area (Å²) in [5.41, 5.74) is 5.96. The predicted molar refractivity (Wildman–Crippen MR) is 89.4 cm³/mol. The zero-order valence-corrected chi connectivity index (χ0v) is 13.7. The summed E-state index contributed by atoms with van der Waals surface area (Å²) in [5.74, 6) is 3.59. The van der Waals surface area contributed by atoms with Gasteiger partial charge in [0, 0.05) is 24.6 Å². The Balaban J connectivity index is 0.00000256. The summed E-state index contributed by atoms with van der Waals surface area (Å²) in [6.45, 7) is 8.93. The molecule has 1 fully saturated rings. The van der Waals surface area contributed by atoms with Crippen molar-refractivity contribution in [3.8, 4) is 0 Å². The van der Waals surface area contributed by atoms with Gasteiger partial charge >= 0.3 is 0 Å². The zero-order valence-electron chi connectivity index (χ0n) is 10.6. The van der Waals surface area contributed by atoms with E-state index in [1.807, 2.05) is 17.8 Å². The Hall–Kier alpha value is 0.0900. The third-order valence-corrected chi connectivity index (χ3v) is 3.80. The largest absolute Gasteiger partial charge is 0.370 e. The number of halogens is 1. The Morgan fingerprint density at radius 3 is 2.76 bits per heavy atom. The SMILES string of the molecule is C=CCSCCN=C(N)N1CCC(C)CC1.I. The van der Waals surface area contributed by atoms with Gasteiger partial charge in [-0.05, 0) is 18.8 Å². The first-order valence-electron chi connectivity index (χ1n) is 5.97. The molecule has 2 N–H and O–H groups in total. The Morgan fingerprint density at radius 2 is 2.18 bits per heavy atom. The summed E-state index contributed by atoms with van der Waals surface area (Å²) >= 11 is 1.84. The maximum absolute atomic E-state index is 5.96. The molecule has 5 heteroatoms. The highest BCUT2D eigenvalue weighted by atomic mass is 127. The minimum Gasteiger partial charge on any atom is -0.370 e. The molecule has 0 saturated carbocycles. The van der Waals surface area contributed by atoms with Crippen LogP contribution in [0.3, 0.4) is 0 Å². The molecule has 0 amide bonds. The molecule has 0 aromatic carbocycles. The Kier molecular flexibility index (Phi) is 10.1. The summed E-state index contributed by atoms with van der Waals surface area (Å²) in [6.07, 6.45) is 4.40. The Bertz CT molecular complexity index is 238. The van der Waals surface area contributed by atoms with Crippen molar-refractivity contribution in [2.24, 2.45) is 16.6 Å². The number of nitrogens with zero attached hydrogens (tertiary/aromatic N) is 2. The zero-order chi connectivity index (χ0) is 11.8. The fourth-order valence-electron chi connectivity index (χ4n) is 1.73. The van der Waals surface area contributed by atoms with Gasteiger partial charge in [0.1, 0.15) is 0 Å². The van der Waals surface area contributed by atoms with E-state index in [0.717, 1.165) is 43.0 Å². The average molecular weight is 369 g/mol. The number of likely N-dealkylation sites (tertiary alicyclic amines) is 1. The molecular weight excluding hydrogens is 345 g/mol. The van der Waals surface area contributed by atoms with Crippen LogP contribution in [0.4, 0.5) is 0 Å². The van der Waals surface area contributed by atoms with Crippen LogP contribution < -0.4 is 5.73 Å². The molecule has 3 nitrogen and oxygen atoms in total. The molecule has 1 aliphatic rings. The van der Waals surface area contributed by atoms with Crippen LogP contribution in [0.15, 0.2) is 17.6 Å². The number of piperidine rings is 1. The first kappa shape index (κ1) is 17.1. The van der Waals surface area contributed by atoms with Crippen LogP contribution in [0.5, 0.6) is 0 Å². The second kappa shape index (κ2) is 10.1. The quantitative estimate of drug-likeness (QED) is 0.266. The topological polar surface area (TPSA) is 41.6 Å². The van der Waals surface area contributed by atoms with E-state index in [4.69, 9.17) is 5.73 Å². The lowest BCUT2D eigenvalue weighted by Gasteiger charge is -2.31. The Labute approximate surface area is 126 Å². The average Bonchev–Trinajstić information content (AvgIpc) is 2.29. The molecule has 1 rings (SSSR count). The molecule has 0 spiro atoms. The van der Waals surface area contributed by atoms with Gasteiger partial charge in [-0.15, -0.1) is 30.6 Å². The van der Waals surface area contributed by atoms with E-state index in [2.05, 4.69) is 23.4 Å². The number of nitrogens with two attached hydrogens (primary N) is 1. The molecule has 0 radical (unpaired) electrons. The lowest BCUT2D eigenvalue weighted by molar-refractivity contribution is 0.278. The van der Waals surface area contributed by atoms with Crippen LogP contribution >= 0.6 is 35.7 Å². The highest BCUT2D eigenvalue weighted by Crippen LogP contribution is 2.15. The van der Waals surface area contributed by atoms with Crippen molar-refractivity contribution in [1.29, 1.82) is 0 Å². The molecule has 1 heterocycles. The second-order valence-corrected chi connectivity index (χ2v) is 5.42. The van der Waals surface area contributed by atoms with Crippen molar-refractivity contribution in [3.63, 3.8) is 0 Å². The van der Waals surface area contributed by atoms with Crippen LogP contribution in [0.25, 0.3) is 0 Å². The lowest BCUT2D eigenvalue weighted by atomic mass is 10.00. The number of thioether (sulfide) groups is 1. The van der Waals surface area contributed by atoms with Gasteiger partial charge in [-0.3, -0.25) is 4.99 Å². The van der Waals surface area contributed by atoms with Gasteiger partial charge in [0.2, 0.25) is 0 Å². The fourth-order valence-corrected chi connectivity index (χ4v) is 2.28. The van der Waals surface area contributed by atoms with E-state index in [1.54, 1.807) is 0 Å². The summed E-state index contributed by atoms with van der Waals surface area (Å²) in [7, 11) is 0. The molecule has 100 valence electrons. The number of aliphatic imine (C=N–C) groups is 1. The molecule has 1 saturated heterocycles. The van der Waals surface area contributed by atoms with Gasteiger partial charge in [0.05, 0.1) is 6.54 Å². The van der Waals surface area contributed by atoms with E-state index >= 15 is 0 Å². The van der Waals surface area contributed by atoms with Crippen LogP contribution in [0.1, 0.15) is 19.8 Å². The number of hydrogen-bond acceptors (Lipinski definition) is 2. The monoisotopic (exact) mass is 369 g/mol. The van der Waals surface area contributed by atoms with E-state index in [9.17, 15) is 0 Å². The summed E-state index contributed by atoms with van der Waals surface area (Å²) in [4.78, 5) is 6.62. The third-order valence-electron chi connectivity index (χ3n) is 2.85. The van der Waals surface area contributed by atoms with Gasteiger partial charge in [-0.25, -0.2) is 0 Å². The maximum Gasteiger partial charge on any atom is 0.191 e. The van der Waals surface area contributed by atoms with E-state index in [1.165, 1.54) is 12.8 Å². The van der Waals surface area contributed by atoms with Crippen LogP contribution in [0.2, 0.25) is 0 Å². The summed E-state index contributed by atoms with van der Waals surface area (Å²) < 4.78 is 0. The van der Waals surface area contributed by atoms with Crippen LogP contribution in [-0.4, -0.2) is 42.0 Å². The molecule has 17 heavy (non-hydrogen) atoms. The van der Waals surface area contributed by atoms with Gasteiger partial charge in [0.25, 0.3) is 0 Å². The van der Waals surface area contributed by atoms with Gasteiger partial charge in [-0.1, -0.05) is 13.0 Å². The maximum atomic E-state index is 5.96. The van der Waals surface area contributed by atoms with Crippen LogP contribution in [-0.2, 0) is 0 Å². The van der Waals surface area contributed by atoms with Crippen LogP contribution in [0, 0.1) is 5.92 Å². The first-order chi connectivity index (χ1) is 7.74. The normalized spacial score (nSPS) is 17.7. The lowest BCUT2D eigenvalue weighted by Crippen LogP contribution is -2.42. The van der Waals surface area contributed by atoms with Crippen molar-refractivity contribution in [3.05, 3.63) is 12.7 Å². The van der Waals surface area contributed by atoms with E-state index < -0.39 is 0 Å². The minimum atomic E-state index is 0. The van der Waals surface area contributed by atoms with Crippen molar-refractivity contribution in [2.75, 3.05) is 31.1 Å². The van der Waals surface area contributed by atoms with Gasteiger partial charge in [0.15, 0.2) is 5.96 Å². The highest BCUT2D eigenvalue weighted by molar-refractivity contribution is 14.0. The number of guanidine groups is 1. The van der Waals surface area contributed by atoms with Crippen molar-refractivity contribution < 1.29 is 0 Å². The number of hydrogen-bond donors (Lipinski definition) is 1. The second-order valence-electron chi connectivity index (χ2n) is 4.27. The van der Waals surface area contributed by atoms with E-state index in [-0.39, 0.29) is 24.0 Å². The third kappa shape index (κ3) is 7.18. The van der Waals surface area contributed by atoms with Crippen molar-refractivity contribution in [1.82, 2.24) is 4.90 Å². The molecule has 0 bridgehead atoms. The molecule has 0 aliphatic carbocycles. The van der Waals surface area contributed by atoms with Gasteiger partial charge < -0.3 is 10.6 Å². The molecular formula is C12H24IN3S. The summed E-state index contributed by atoms with van der Waals surface area (Å²) in [5, 5.41) is 0. The molecule has 0 unspecified atom stereocenters. The number of rotatable bonds is 5. The predicted octanol–water partition coefficient (Wildman–Crippen LogP) is 2.57. The molecule has 0 aromatic rings. The van der Waals surface area contributed by atoms with Crippen molar-refractivity contribution in [2.45, 2.75) is 19.8 Å².